The van der Waals surface area contributed by atoms with Crippen LogP contribution in [0.25, 0.3) is 0 Å². The highest BCUT2D eigenvalue weighted by molar-refractivity contribution is 5.85. The normalized spacial score (nSPS) is 20.1. The molecule has 2 fully saturated rings. The minimum atomic E-state index is -1.08. The smallest absolute Gasteiger partial charge is 0.356 e. The predicted molar refractivity (Wildman–Crippen MR) is 106 cm³/mol. The van der Waals surface area contributed by atoms with Crippen molar-refractivity contribution in [2.75, 3.05) is 38.1 Å². The van der Waals surface area contributed by atoms with E-state index in [-0.39, 0.29) is 17.6 Å². The highest BCUT2D eigenvalue weighted by Gasteiger charge is 2.30. The molecule has 1 amide bonds. The van der Waals surface area contributed by atoms with Crippen LogP contribution in [-0.2, 0) is 4.79 Å². The standard InChI is InChI=1S/C20H31N5O3/c1-15(23(2)16-7-4-3-5-8-16)19(26)25-10-6-9-24(11-12-25)18-14-21-13-17(22-18)20(27)28/h13-16H,3-12H2,1-2H3,(H,27,28). The zero-order valence-corrected chi connectivity index (χ0v) is 16.9. The second kappa shape index (κ2) is 9.32. The van der Waals surface area contributed by atoms with E-state index in [1.165, 1.54) is 38.3 Å². The molecule has 1 aromatic rings. The Labute approximate surface area is 166 Å². The van der Waals surface area contributed by atoms with Crippen molar-refractivity contribution in [1.82, 2.24) is 19.8 Å². The van der Waals surface area contributed by atoms with E-state index in [2.05, 4.69) is 21.9 Å². The molecule has 3 rings (SSSR count). The lowest BCUT2D eigenvalue weighted by Gasteiger charge is -2.37. The SMILES string of the molecule is CC(C(=O)N1CCCN(c2cncc(C(=O)O)n2)CC1)N(C)C1CCCCC1. The fourth-order valence-corrected chi connectivity index (χ4v) is 4.22. The van der Waals surface area contributed by atoms with Gasteiger partial charge in [0.25, 0.3) is 0 Å². The van der Waals surface area contributed by atoms with Crippen LogP contribution in [0.1, 0.15) is 55.9 Å². The van der Waals surface area contributed by atoms with Gasteiger partial charge in [0, 0.05) is 32.2 Å². The molecule has 8 nitrogen and oxygen atoms in total. The first-order valence-corrected chi connectivity index (χ1v) is 10.3. The lowest BCUT2D eigenvalue weighted by molar-refractivity contribution is -0.136. The minimum Gasteiger partial charge on any atom is -0.476 e. The largest absolute Gasteiger partial charge is 0.476 e. The van der Waals surface area contributed by atoms with Crippen molar-refractivity contribution in [3.63, 3.8) is 0 Å². The molecule has 0 aromatic carbocycles. The van der Waals surface area contributed by atoms with Crippen LogP contribution in [0.5, 0.6) is 0 Å². The number of hydrogen-bond acceptors (Lipinski definition) is 6. The number of carbonyl (C=O) groups is 2. The summed E-state index contributed by atoms with van der Waals surface area (Å²) in [5.41, 5.74) is -0.0580. The predicted octanol–water partition coefficient (Wildman–Crippen LogP) is 1.87. The van der Waals surface area contributed by atoms with Crippen molar-refractivity contribution >= 4 is 17.7 Å². The quantitative estimate of drug-likeness (QED) is 0.822. The van der Waals surface area contributed by atoms with Crippen LogP contribution in [0.15, 0.2) is 12.4 Å². The van der Waals surface area contributed by atoms with Gasteiger partial charge in [-0.3, -0.25) is 14.7 Å². The van der Waals surface area contributed by atoms with Gasteiger partial charge in [0.2, 0.25) is 5.91 Å². The summed E-state index contributed by atoms with van der Waals surface area (Å²) < 4.78 is 0. The van der Waals surface area contributed by atoms with Gasteiger partial charge in [-0.05, 0) is 33.2 Å². The molecule has 1 saturated heterocycles. The number of rotatable bonds is 5. The van der Waals surface area contributed by atoms with Crippen molar-refractivity contribution < 1.29 is 14.7 Å². The number of aromatic carboxylic acids is 1. The Morgan fingerprint density at radius 1 is 1.11 bits per heavy atom. The Bertz CT molecular complexity index is 692. The molecular weight excluding hydrogens is 358 g/mol. The molecule has 1 N–H and O–H groups in total. The van der Waals surface area contributed by atoms with Crippen LogP contribution in [0.2, 0.25) is 0 Å². The summed E-state index contributed by atoms with van der Waals surface area (Å²) >= 11 is 0. The molecule has 1 atom stereocenters. The van der Waals surface area contributed by atoms with Crippen LogP contribution < -0.4 is 4.90 Å². The van der Waals surface area contributed by atoms with Crippen molar-refractivity contribution in [2.24, 2.45) is 0 Å². The van der Waals surface area contributed by atoms with Gasteiger partial charge in [-0.1, -0.05) is 19.3 Å². The van der Waals surface area contributed by atoms with Gasteiger partial charge >= 0.3 is 5.97 Å². The zero-order chi connectivity index (χ0) is 20.1. The maximum Gasteiger partial charge on any atom is 0.356 e. The summed E-state index contributed by atoms with van der Waals surface area (Å²) in [5.74, 6) is -0.345. The third-order valence-corrected chi connectivity index (χ3v) is 6.09. The Morgan fingerprint density at radius 2 is 1.86 bits per heavy atom. The third kappa shape index (κ3) is 4.79. The Kier molecular flexibility index (Phi) is 6.83. The first-order valence-electron chi connectivity index (χ1n) is 10.3. The summed E-state index contributed by atoms with van der Waals surface area (Å²) in [7, 11) is 2.08. The summed E-state index contributed by atoms with van der Waals surface area (Å²) in [4.78, 5) is 38.6. The molecule has 0 radical (unpaired) electrons. The maximum atomic E-state index is 13.1. The second-order valence-electron chi connectivity index (χ2n) is 7.87. The molecule has 154 valence electrons. The van der Waals surface area contributed by atoms with Gasteiger partial charge in [0.05, 0.1) is 18.4 Å². The van der Waals surface area contributed by atoms with Gasteiger partial charge in [-0.2, -0.15) is 0 Å². The molecule has 8 heteroatoms. The molecule has 0 spiro atoms. The number of hydrogen-bond donors (Lipinski definition) is 1. The number of carboxylic acid groups (broad SMARTS) is 1. The number of anilines is 1. The van der Waals surface area contributed by atoms with Gasteiger partial charge in [-0.25, -0.2) is 9.78 Å². The summed E-state index contributed by atoms with van der Waals surface area (Å²) in [5, 5.41) is 9.12. The molecule has 1 saturated carbocycles. The summed E-state index contributed by atoms with van der Waals surface area (Å²) in [6.07, 6.45) is 9.84. The maximum absolute atomic E-state index is 13.1. The van der Waals surface area contributed by atoms with Gasteiger partial charge in [-0.15, -0.1) is 0 Å². The van der Waals surface area contributed by atoms with E-state index >= 15 is 0 Å². The van der Waals surface area contributed by atoms with Crippen LogP contribution >= 0.6 is 0 Å². The fourth-order valence-electron chi connectivity index (χ4n) is 4.22. The number of likely N-dealkylation sites (N-methyl/N-ethyl adjacent to an activating group) is 1. The van der Waals surface area contributed by atoms with Crippen LogP contribution in [0.4, 0.5) is 5.82 Å². The van der Waals surface area contributed by atoms with Gasteiger partial charge < -0.3 is 14.9 Å². The highest BCUT2D eigenvalue weighted by Crippen LogP contribution is 2.24. The fraction of sp³-hybridized carbons (Fsp3) is 0.700. The van der Waals surface area contributed by atoms with E-state index in [1.807, 2.05) is 16.7 Å². The highest BCUT2D eigenvalue weighted by atomic mass is 16.4. The number of nitrogens with zero attached hydrogens (tertiary/aromatic N) is 5. The molecule has 1 aliphatic heterocycles. The van der Waals surface area contributed by atoms with Gasteiger partial charge in [0.15, 0.2) is 5.69 Å². The molecule has 1 aromatic heterocycles. The van der Waals surface area contributed by atoms with Crippen LogP contribution in [0, 0.1) is 0 Å². The zero-order valence-electron chi connectivity index (χ0n) is 16.9. The summed E-state index contributed by atoms with van der Waals surface area (Å²) in [6, 6.07) is 0.384. The average molecular weight is 390 g/mol. The van der Waals surface area contributed by atoms with Crippen molar-refractivity contribution in [1.29, 1.82) is 0 Å². The van der Waals surface area contributed by atoms with Crippen LogP contribution in [0.3, 0.4) is 0 Å². The number of carboxylic acids is 1. The number of amides is 1. The van der Waals surface area contributed by atoms with E-state index in [0.29, 0.717) is 31.5 Å². The summed E-state index contributed by atoms with van der Waals surface area (Å²) in [6.45, 7) is 4.70. The molecule has 0 bridgehead atoms. The molecule has 1 unspecified atom stereocenters. The molecule has 2 heterocycles. The van der Waals surface area contributed by atoms with Crippen molar-refractivity contribution in [2.45, 2.75) is 57.5 Å². The van der Waals surface area contributed by atoms with Crippen molar-refractivity contribution in [3.05, 3.63) is 18.1 Å². The number of aromatic nitrogens is 2. The van der Waals surface area contributed by atoms with Crippen molar-refractivity contribution in [3.8, 4) is 0 Å². The third-order valence-electron chi connectivity index (χ3n) is 6.09. The van der Waals surface area contributed by atoms with Gasteiger partial charge in [0.1, 0.15) is 5.82 Å². The molecule has 28 heavy (non-hydrogen) atoms. The molecular formula is C20H31N5O3. The number of carbonyl (C=O) groups excluding carboxylic acids is 1. The lowest BCUT2D eigenvalue weighted by Crippen LogP contribution is -2.50. The minimum absolute atomic E-state index is 0.0580. The van der Waals surface area contributed by atoms with Crippen LogP contribution in [-0.4, -0.2) is 82.1 Å². The topological polar surface area (TPSA) is 89.9 Å². The first kappa shape index (κ1) is 20.5. The lowest BCUT2D eigenvalue weighted by atomic mass is 9.93. The second-order valence-corrected chi connectivity index (χ2v) is 7.87. The molecule has 1 aliphatic carbocycles. The Morgan fingerprint density at radius 3 is 2.57 bits per heavy atom. The molecule has 2 aliphatic rings. The first-order chi connectivity index (χ1) is 13.5. The Balaban J connectivity index is 1.60. The van der Waals surface area contributed by atoms with E-state index < -0.39 is 5.97 Å². The van der Waals surface area contributed by atoms with E-state index in [1.54, 1.807) is 6.20 Å². The monoisotopic (exact) mass is 389 g/mol. The van der Waals surface area contributed by atoms with E-state index in [9.17, 15) is 9.59 Å². The van der Waals surface area contributed by atoms with E-state index in [4.69, 9.17) is 5.11 Å². The average Bonchev–Trinajstić information content (AvgIpc) is 2.99. The Hall–Kier alpha value is -2.22. The van der Waals surface area contributed by atoms with E-state index in [0.717, 1.165) is 13.0 Å².